The highest BCUT2D eigenvalue weighted by molar-refractivity contribution is 5.86. The highest BCUT2D eigenvalue weighted by Gasteiger charge is 2.11. The van der Waals surface area contributed by atoms with Crippen LogP contribution < -0.4 is 0 Å². The number of aryl methyl sites for hydroxylation is 4. The van der Waals surface area contributed by atoms with Crippen LogP contribution in [0, 0.1) is 5.82 Å². The third-order valence-corrected chi connectivity index (χ3v) is 6.19. The molecule has 0 aliphatic carbocycles. The van der Waals surface area contributed by atoms with Gasteiger partial charge in [-0.3, -0.25) is 0 Å². The zero-order valence-electron chi connectivity index (χ0n) is 20.8. The van der Waals surface area contributed by atoms with E-state index in [1.807, 2.05) is 24.3 Å². The molecule has 4 heteroatoms. The summed E-state index contributed by atoms with van der Waals surface area (Å²) in [5.41, 5.74) is 7.51. The van der Waals surface area contributed by atoms with Gasteiger partial charge in [0.2, 0.25) is 0 Å². The van der Waals surface area contributed by atoms with Crippen LogP contribution in [-0.4, -0.2) is 24.3 Å². The molecule has 0 aliphatic rings. The fourth-order valence-corrected chi connectivity index (χ4v) is 4.15. The van der Waals surface area contributed by atoms with Gasteiger partial charge >= 0.3 is 5.97 Å². The molecule has 184 valence electrons. The third-order valence-electron chi connectivity index (χ3n) is 6.19. The number of rotatable bonds is 12. The quantitative estimate of drug-likeness (QED) is 0.187. The van der Waals surface area contributed by atoms with Crippen molar-refractivity contribution in [3.8, 4) is 11.1 Å². The van der Waals surface area contributed by atoms with Crippen molar-refractivity contribution in [2.24, 2.45) is 0 Å². The van der Waals surface area contributed by atoms with Crippen molar-refractivity contribution in [1.29, 1.82) is 0 Å². The maximum atomic E-state index is 15.0. The predicted octanol–water partition coefficient (Wildman–Crippen LogP) is 6.43. The monoisotopic (exact) mass is 474 g/mol. The minimum Gasteiger partial charge on any atom is -0.462 e. The molecule has 0 bridgehead atoms. The summed E-state index contributed by atoms with van der Waals surface area (Å²) in [6.45, 7) is 7.79. The summed E-state index contributed by atoms with van der Waals surface area (Å²) in [4.78, 5) is 11.4. The lowest BCUT2D eigenvalue weighted by Crippen LogP contribution is -2.06. The smallest absolute Gasteiger partial charge is 0.333 e. The van der Waals surface area contributed by atoms with E-state index in [-0.39, 0.29) is 18.4 Å². The van der Waals surface area contributed by atoms with Gasteiger partial charge in [-0.2, -0.15) is 0 Å². The van der Waals surface area contributed by atoms with Crippen molar-refractivity contribution < 1.29 is 19.0 Å². The first-order valence-corrected chi connectivity index (χ1v) is 12.3. The average molecular weight is 475 g/mol. The molecule has 0 radical (unpaired) electrons. The van der Waals surface area contributed by atoms with E-state index in [1.165, 1.54) is 11.1 Å². The van der Waals surface area contributed by atoms with Crippen molar-refractivity contribution in [3.05, 3.63) is 106 Å². The first-order chi connectivity index (χ1) is 16.9. The number of hydrogen-bond donors (Lipinski definition) is 1. The van der Waals surface area contributed by atoms with Crippen LogP contribution in [0.4, 0.5) is 4.39 Å². The van der Waals surface area contributed by atoms with Gasteiger partial charge in [0.25, 0.3) is 0 Å². The van der Waals surface area contributed by atoms with Crippen molar-refractivity contribution >= 4 is 5.97 Å². The van der Waals surface area contributed by atoms with Crippen molar-refractivity contribution in [2.45, 2.75) is 52.4 Å². The maximum absolute atomic E-state index is 15.0. The Hall–Kier alpha value is -3.24. The second-order valence-electron chi connectivity index (χ2n) is 8.97. The van der Waals surface area contributed by atoms with Gasteiger partial charge in [0.1, 0.15) is 5.82 Å². The van der Waals surface area contributed by atoms with E-state index in [4.69, 9.17) is 4.74 Å². The van der Waals surface area contributed by atoms with Crippen LogP contribution in [0.5, 0.6) is 0 Å². The first-order valence-electron chi connectivity index (χ1n) is 12.3. The normalized spacial score (nSPS) is 10.9. The summed E-state index contributed by atoms with van der Waals surface area (Å²) >= 11 is 0. The van der Waals surface area contributed by atoms with E-state index in [0.29, 0.717) is 24.2 Å². The van der Waals surface area contributed by atoms with Gasteiger partial charge < -0.3 is 9.84 Å². The number of halogens is 1. The molecule has 0 amide bonds. The Morgan fingerprint density at radius 1 is 0.857 bits per heavy atom. The van der Waals surface area contributed by atoms with Gasteiger partial charge in [-0.05, 0) is 84.9 Å². The molecular formula is C31H35FO3. The zero-order valence-corrected chi connectivity index (χ0v) is 20.8. The van der Waals surface area contributed by atoms with E-state index in [9.17, 15) is 9.90 Å². The molecule has 35 heavy (non-hydrogen) atoms. The molecule has 3 aromatic carbocycles. The Labute approximate surface area is 208 Å². The lowest BCUT2D eigenvalue weighted by atomic mass is 9.93. The number of ether oxygens (including phenoxy) is 1. The van der Waals surface area contributed by atoms with Crippen LogP contribution in [0.2, 0.25) is 0 Å². The summed E-state index contributed by atoms with van der Waals surface area (Å²) in [6.07, 6.45) is 4.64. The van der Waals surface area contributed by atoms with Crippen LogP contribution in [-0.2, 0) is 41.6 Å². The molecule has 0 fully saturated rings. The number of hydrogen-bond acceptors (Lipinski definition) is 3. The average Bonchev–Trinajstić information content (AvgIpc) is 2.86. The maximum Gasteiger partial charge on any atom is 0.333 e. The number of benzene rings is 3. The summed E-state index contributed by atoms with van der Waals surface area (Å²) in [6, 6.07) is 20.0. The molecule has 0 unspecified atom stereocenters. The van der Waals surface area contributed by atoms with Gasteiger partial charge in [-0.15, -0.1) is 0 Å². The van der Waals surface area contributed by atoms with Crippen molar-refractivity contribution in [3.63, 3.8) is 0 Å². The summed E-state index contributed by atoms with van der Waals surface area (Å²) in [7, 11) is 0. The van der Waals surface area contributed by atoms with Crippen LogP contribution in [0.25, 0.3) is 11.1 Å². The molecule has 1 N–H and O–H groups in total. The predicted molar refractivity (Wildman–Crippen MR) is 140 cm³/mol. The fourth-order valence-electron chi connectivity index (χ4n) is 4.15. The largest absolute Gasteiger partial charge is 0.462 e. The molecule has 0 saturated carbocycles. The molecule has 3 rings (SSSR count). The van der Waals surface area contributed by atoms with Crippen LogP contribution in [0.15, 0.2) is 72.8 Å². The van der Waals surface area contributed by atoms with Gasteiger partial charge in [0.15, 0.2) is 0 Å². The minimum atomic E-state index is -0.341. The van der Waals surface area contributed by atoms with Gasteiger partial charge in [0, 0.05) is 17.7 Å². The van der Waals surface area contributed by atoms with E-state index < -0.39 is 0 Å². The summed E-state index contributed by atoms with van der Waals surface area (Å²) < 4.78 is 20.2. The minimum absolute atomic E-state index is 0.112. The number of aliphatic hydroxyl groups is 1. The lowest BCUT2D eigenvalue weighted by molar-refractivity contribution is -0.139. The number of carbonyl (C=O) groups is 1. The Morgan fingerprint density at radius 3 is 2.03 bits per heavy atom. The number of carbonyl (C=O) groups excluding carboxylic acids is 1. The molecule has 0 heterocycles. The van der Waals surface area contributed by atoms with E-state index in [2.05, 4.69) is 43.8 Å². The Kier molecular flexibility index (Phi) is 9.80. The molecular weight excluding hydrogens is 439 g/mol. The summed E-state index contributed by atoms with van der Waals surface area (Å²) in [5.74, 6) is -0.540. The molecule has 3 nitrogen and oxygen atoms in total. The summed E-state index contributed by atoms with van der Waals surface area (Å²) in [5, 5.41) is 9.19. The molecule has 3 aromatic rings. The SMILES string of the molecule is C=C(C)C(=O)OCCCc1ccc(CCc2ccc(-c3ccc(CCO)cc3CC)c(F)c2)cc1. The molecule has 0 atom stereocenters. The first kappa shape index (κ1) is 26.4. The van der Waals surface area contributed by atoms with Gasteiger partial charge in [-0.1, -0.05) is 68.1 Å². The molecule has 0 aromatic heterocycles. The molecule has 0 aliphatic heterocycles. The van der Waals surface area contributed by atoms with Crippen molar-refractivity contribution in [2.75, 3.05) is 13.2 Å². The van der Waals surface area contributed by atoms with Crippen LogP contribution >= 0.6 is 0 Å². The van der Waals surface area contributed by atoms with Crippen molar-refractivity contribution in [1.82, 2.24) is 0 Å². The molecule has 0 spiro atoms. The second-order valence-corrected chi connectivity index (χ2v) is 8.97. The van der Waals surface area contributed by atoms with E-state index in [0.717, 1.165) is 54.4 Å². The van der Waals surface area contributed by atoms with Gasteiger partial charge in [0.05, 0.1) is 6.61 Å². The lowest BCUT2D eigenvalue weighted by Gasteiger charge is -2.13. The Bertz CT molecular complexity index is 1150. The van der Waals surface area contributed by atoms with E-state index >= 15 is 4.39 Å². The van der Waals surface area contributed by atoms with Crippen LogP contribution in [0.3, 0.4) is 0 Å². The van der Waals surface area contributed by atoms with Crippen LogP contribution in [0.1, 0.15) is 48.1 Å². The number of aliphatic hydroxyl groups excluding tert-OH is 1. The molecule has 0 saturated heterocycles. The number of esters is 1. The second kappa shape index (κ2) is 13.0. The third kappa shape index (κ3) is 7.63. The zero-order chi connectivity index (χ0) is 25.2. The van der Waals surface area contributed by atoms with Gasteiger partial charge in [-0.25, -0.2) is 9.18 Å². The highest BCUT2D eigenvalue weighted by Crippen LogP contribution is 2.29. The fraction of sp³-hybridized carbons (Fsp3) is 0.323. The Morgan fingerprint density at radius 2 is 1.43 bits per heavy atom. The highest BCUT2D eigenvalue weighted by atomic mass is 19.1. The standard InChI is InChI=1S/C31H35FO3/c1-4-27-20-26(17-18-33)13-15-28(27)29-16-14-25(21-30(29)32)12-11-24-9-7-23(8-10-24)6-5-19-35-31(34)22(2)3/h7-10,13-16,20-21,33H,2,4-6,11-12,17-19H2,1,3H3. The van der Waals surface area contributed by atoms with E-state index in [1.54, 1.807) is 13.0 Å². The Balaban J connectivity index is 1.56. The topological polar surface area (TPSA) is 46.5 Å².